The maximum atomic E-state index is 9.94. The Morgan fingerprint density at radius 1 is 1.24 bits per heavy atom. The van der Waals surface area contributed by atoms with Crippen molar-refractivity contribution in [3.63, 3.8) is 0 Å². The van der Waals surface area contributed by atoms with Crippen LogP contribution in [0.2, 0.25) is 0 Å². The monoisotopic (exact) mass is 294 g/mol. The zero-order valence-corrected chi connectivity index (χ0v) is 13.0. The molecule has 0 bridgehead atoms. The topological polar surface area (TPSA) is 47.9 Å². The molecule has 1 aliphatic rings. The van der Waals surface area contributed by atoms with Crippen LogP contribution < -0.4 is 4.74 Å². The van der Waals surface area contributed by atoms with Crippen LogP contribution in [0.15, 0.2) is 24.3 Å². The maximum Gasteiger partial charge on any atom is 0.119 e. The van der Waals surface area contributed by atoms with Gasteiger partial charge in [-0.05, 0) is 36.5 Å². The summed E-state index contributed by atoms with van der Waals surface area (Å²) in [4.78, 5) is 0. The number of ether oxygens (including phenoxy) is 3. The van der Waals surface area contributed by atoms with Crippen molar-refractivity contribution in [2.75, 3.05) is 26.4 Å². The standard InChI is InChI=1S/C17H26O4/c1-13(2)14-4-3-5-17(10-14)21-12-15(18)11-20-16-6-8-19-9-7-16/h3-5,10,13,15-16,18H,6-9,11-12H2,1-2H3/t15-/m1/s1. The van der Waals surface area contributed by atoms with Gasteiger partial charge >= 0.3 is 0 Å². The summed E-state index contributed by atoms with van der Waals surface area (Å²) in [5, 5.41) is 9.94. The highest BCUT2D eigenvalue weighted by molar-refractivity contribution is 5.30. The summed E-state index contributed by atoms with van der Waals surface area (Å²) in [6.45, 7) is 6.36. The summed E-state index contributed by atoms with van der Waals surface area (Å²) in [5.41, 5.74) is 1.24. The Balaban J connectivity index is 1.70. The molecule has 1 atom stereocenters. The van der Waals surface area contributed by atoms with Crippen molar-refractivity contribution in [1.82, 2.24) is 0 Å². The quantitative estimate of drug-likeness (QED) is 0.840. The molecule has 118 valence electrons. The van der Waals surface area contributed by atoms with Crippen molar-refractivity contribution < 1.29 is 19.3 Å². The number of rotatable bonds is 7. The molecule has 1 aliphatic heterocycles. The number of aliphatic hydroxyl groups is 1. The summed E-state index contributed by atoms with van der Waals surface area (Å²) in [6.07, 6.45) is 1.42. The third-order valence-corrected chi connectivity index (χ3v) is 3.66. The summed E-state index contributed by atoms with van der Waals surface area (Å²) in [5.74, 6) is 1.27. The van der Waals surface area contributed by atoms with Crippen molar-refractivity contribution in [2.24, 2.45) is 0 Å². The average Bonchev–Trinajstić information content (AvgIpc) is 2.52. The van der Waals surface area contributed by atoms with Crippen LogP contribution in [0.1, 0.15) is 38.2 Å². The second-order valence-corrected chi connectivity index (χ2v) is 5.84. The van der Waals surface area contributed by atoms with Crippen LogP contribution in [0.3, 0.4) is 0 Å². The van der Waals surface area contributed by atoms with Gasteiger partial charge in [0.2, 0.25) is 0 Å². The lowest BCUT2D eigenvalue weighted by Gasteiger charge is -2.23. The summed E-state index contributed by atoms with van der Waals surface area (Å²) >= 11 is 0. The molecule has 4 heteroatoms. The fourth-order valence-electron chi connectivity index (χ4n) is 2.29. The lowest BCUT2D eigenvalue weighted by Crippen LogP contribution is -2.30. The van der Waals surface area contributed by atoms with Crippen LogP contribution in [-0.2, 0) is 9.47 Å². The fraction of sp³-hybridized carbons (Fsp3) is 0.647. The minimum atomic E-state index is -0.601. The molecule has 1 aromatic rings. The van der Waals surface area contributed by atoms with E-state index in [4.69, 9.17) is 14.2 Å². The Labute approximate surface area is 127 Å². The van der Waals surface area contributed by atoms with Crippen molar-refractivity contribution in [3.05, 3.63) is 29.8 Å². The Morgan fingerprint density at radius 2 is 2.00 bits per heavy atom. The number of hydrogen-bond donors (Lipinski definition) is 1. The predicted octanol–water partition coefficient (Wildman–Crippen LogP) is 2.75. The molecule has 0 amide bonds. The first-order chi connectivity index (χ1) is 10.1. The molecule has 0 aliphatic carbocycles. The molecule has 1 N–H and O–H groups in total. The maximum absolute atomic E-state index is 9.94. The van der Waals surface area contributed by atoms with E-state index in [9.17, 15) is 5.11 Å². The highest BCUT2D eigenvalue weighted by Gasteiger charge is 2.16. The Morgan fingerprint density at radius 3 is 2.71 bits per heavy atom. The molecule has 0 saturated carbocycles. The summed E-state index contributed by atoms with van der Waals surface area (Å²) in [7, 11) is 0. The largest absolute Gasteiger partial charge is 0.491 e. The van der Waals surface area contributed by atoms with Crippen LogP contribution in [0.5, 0.6) is 5.75 Å². The van der Waals surface area contributed by atoms with E-state index in [1.165, 1.54) is 5.56 Å². The van der Waals surface area contributed by atoms with E-state index in [0.717, 1.165) is 31.8 Å². The lowest BCUT2D eigenvalue weighted by atomic mass is 10.0. The van der Waals surface area contributed by atoms with Gasteiger partial charge < -0.3 is 19.3 Å². The van der Waals surface area contributed by atoms with Gasteiger partial charge in [-0.25, -0.2) is 0 Å². The van der Waals surface area contributed by atoms with Crippen LogP contribution in [-0.4, -0.2) is 43.7 Å². The van der Waals surface area contributed by atoms with Crippen molar-refractivity contribution in [2.45, 2.75) is 44.8 Å². The molecular formula is C17H26O4. The molecule has 0 radical (unpaired) electrons. The Kier molecular flexibility index (Phi) is 6.49. The van der Waals surface area contributed by atoms with Gasteiger partial charge in [-0.15, -0.1) is 0 Å². The Hall–Kier alpha value is -1.10. The first kappa shape index (κ1) is 16.3. The van der Waals surface area contributed by atoms with Crippen molar-refractivity contribution in [1.29, 1.82) is 0 Å². The minimum Gasteiger partial charge on any atom is -0.491 e. The van der Waals surface area contributed by atoms with Gasteiger partial charge in [0, 0.05) is 13.2 Å². The highest BCUT2D eigenvalue weighted by Crippen LogP contribution is 2.20. The molecule has 1 heterocycles. The zero-order valence-electron chi connectivity index (χ0n) is 13.0. The lowest BCUT2D eigenvalue weighted by molar-refractivity contribution is -0.0659. The van der Waals surface area contributed by atoms with Gasteiger partial charge in [-0.3, -0.25) is 0 Å². The molecule has 1 fully saturated rings. The van der Waals surface area contributed by atoms with Gasteiger partial charge in [-0.1, -0.05) is 26.0 Å². The zero-order chi connectivity index (χ0) is 15.1. The summed E-state index contributed by atoms with van der Waals surface area (Å²) < 4.78 is 16.6. The smallest absolute Gasteiger partial charge is 0.119 e. The molecule has 1 aromatic carbocycles. The van der Waals surface area contributed by atoms with Gasteiger partial charge in [0.15, 0.2) is 0 Å². The van der Waals surface area contributed by atoms with Gasteiger partial charge in [-0.2, -0.15) is 0 Å². The van der Waals surface area contributed by atoms with Crippen LogP contribution >= 0.6 is 0 Å². The van der Waals surface area contributed by atoms with E-state index in [0.29, 0.717) is 12.5 Å². The number of hydrogen-bond acceptors (Lipinski definition) is 4. The van der Waals surface area contributed by atoms with E-state index < -0.39 is 6.10 Å². The van der Waals surface area contributed by atoms with E-state index in [1.54, 1.807) is 0 Å². The third kappa shape index (κ3) is 5.65. The molecule has 0 spiro atoms. The summed E-state index contributed by atoms with van der Waals surface area (Å²) in [6, 6.07) is 8.01. The van der Waals surface area contributed by atoms with E-state index in [-0.39, 0.29) is 12.7 Å². The SMILES string of the molecule is CC(C)c1cccc(OC[C@H](O)COC2CCOCC2)c1. The van der Waals surface area contributed by atoms with Crippen molar-refractivity contribution in [3.8, 4) is 5.75 Å². The van der Waals surface area contributed by atoms with Crippen LogP contribution in [0, 0.1) is 0 Å². The van der Waals surface area contributed by atoms with Gasteiger partial charge in [0.05, 0.1) is 12.7 Å². The molecule has 4 nitrogen and oxygen atoms in total. The molecule has 0 aromatic heterocycles. The second kappa shape index (κ2) is 8.37. The van der Waals surface area contributed by atoms with E-state index in [1.807, 2.05) is 18.2 Å². The molecule has 21 heavy (non-hydrogen) atoms. The van der Waals surface area contributed by atoms with Crippen LogP contribution in [0.25, 0.3) is 0 Å². The van der Waals surface area contributed by atoms with Gasteiger partial charge in [0.1, 0.15) is 18.5 Å². The molecule has 2 rings (SSSR count). The minimum absolute atomic E-state index is 0.206. The number of aliphatic hydroxyl groups excluding tert-OH is 1. The third-order valence-electron chi connectivity index (χ3n) is 3.66. The van der Waals surface area contributed by atoms with E-state index >= 15 is 0 Å². The first-order valence-corrected chi connectivity index (χ1v) is 7.75. The van der Waals surface area contributed by atoms with E-state index in [2.05, 4.69) is 19.9 Å². The van der Waals surface area contributed by atoms with Crippen molar-refractivity contribution >= 4 is 0 Å². The highest BCUT2D eigenvalue weighted by atomic mass is 16.5. The predicted molar refractivity (Wildman–Crippen MR) is 81.8 cm³/mol. The fourth-order valence-corrected chi connectivity index (χ4v) is 2.29. The molecular weight excluding hydrogens is 268 g/mol. The normalized spacial score (nSPS) is 17.9. The second-order valence-electron chi connectivity index (χ2n) is 5.84. The van der Waals surface area contributed by atoms with Crippen LogP contribution in [0.4, 0.5) is 0 Å². The molecule has 0 unspecified atom stereocenters. The number of benzene rings is 1. The van der Waals surface area contributed by atoms with Gasteiger partial charge in [0.25, 0.3) is 0 Å². The Bertz CT molecular complexity index is 413. The average molecular weight is 294 g/mol. The molecule has 1 saturated heterocycles. The first-order valence-electron chi connectivity index (χ1n) is 7.75.